The van der Waals surface area contributed by atoms with E-state index in [-0.39, 0.29) is 0 Å². The van der Waals surface area contributed by atoms with Crippen LogP contribution in [0.3, 0.4) is 0 Å². The molecule has 0 unspecified atom stereocenters. The first-order chi connectivity index (χ1) is 8.33. The molecule has 17 heavy (non-hydrogen) atoms. The average molecular weight is 265 g/mol. The van der Waals surface area contributed by atoms with Crippen molar-refractivity contribution in [1.82, 2.24) is 0 Å². The van der Waals surface area contributed by atoms with Gasteiger partial charge < -0.3 is 4.74 Å². The topological polar surface area (TPSA) is 9.23 Å². The quantitative estimate of drug-likeness (QED) is 0.748. The van der Waals surface area contributed by atoms with E-state index in [1.54, 1.807) is 18.9 Å². The van der Waals surface area contributed by atoms with Gasteiger partial charge in [-0.05, 0) is 24.3 Å². The maximum Gasteiger partial charge on any atom is 0.124 e. The summed E-state index contributed by atoms with van der Waals surface area (Å²) < 4.78 is 5.32. The van der Waals surface area contributed by atoms with Crippen molar-refractivity contribution in [3.63, 3.8) is 0 Å². The Balaban J connectivity index is 2.22. The van der Waals surface area contributed by atoms with Crippen molar-refractivity contribution in [2.75, 3.05) is 7.11 Å². The Morgan fingerprint density at radius 1 is 1.06 bits per heavy atom. The molecule has 0 aromatic heterocycles. The van der Waals surface area contributed by atoms with Crippen molar-refractivity contribution in [2.45, 2.75) is 15.7 Å². The van der Waals surface area contributed by atoms with E-state index in [1.807, 2.05) is 30.3 Å². The van der Waals surface area contributed by atoms with E-state index in [1.165, 1.54) is 4.90 Å². The van der Waals surface area contributed by atoms with Crippen LogP contribution in [0.5, 0.6) is 5.75 Å². The lowest BCUT2D eigenvalue weighted by Gasteiger charge is -2.08. The zero-order valence-corrected chi connectivity index (χ0v) is 11.1. The second-order valence-corrected chi connectivity index (χ2v) is 4.94. The van der Waals surface area contributed by atoms with Crippen LogP contribution >= 0.6 is 23.4 Å². The summed E-state index contributed by atoms with van der Waals surface area (Å²) in [6.07, 6.45) is 0. The Morgan fingerprint density at radius 2 is 1.82 bits per heavy atom. The lowest BCUT2D eigenvalue weighted by Crippen LogP contribution is -1.89. The van der Waals surface area contributed by atoms with E-state index < -0.39 is 0 Å². The van der Waals surface area contributed by atoms with Gasteiger partial charge in [0.05, 0.1) is 13.0 Å². The standard InChI is InChI=1S/C14H13ClOS/c1-16-14-9-13(8-7-11(14)10-15)17-12-5-3-2-4-6-12/h2-9H,10H2,1H3. The van der Waals surface area contributed by atoms with Gasteiger partial charge in [0, 0.05) is 15.4 Å². The Morgan fingerprint density at radius 3 is 2.47 bits per heavy atom. The Bertz CT molecular complexity index is 485. The van der Waals surface area contributed by atoms with Crippen LogP contribution in [0.15, 0.2) is 58.3 Å². The largest absolute Gasteiger partial charge is 0.496 e. The minimum atomic E-state index is 0.472. The number of alkyl halides is 1. The molecule has 0 spiro atoms. The van der Waals surface area contributed by atoms with Crippen molar-refractivity contribution >= 4 is 23.4 Å². The highest BCUT2D eigenvalue weighted by molar-refractivity contribution is 7.99. The number of hydrogen-bond donors (Lipinski definition) is 0. The molecule has 0 N–H and O–H groups in total. The summed E-state index contributed by atoms with van der Waals surface area (Å²) in [6.45, 7) is 0. The third-order valence-corrected chi connectivity index (χ3v) is 3.67. The van der Waals surface area contributed by atoms with Gasteiger partial charge in [0.25, 0.3) is 0 Å². The van der Waals surface area contributed by atoms with E-state index in [0.29, 0.717) is 5.88 Å². The first-order valence-corrected chi connectivity index (χ1v) is 6.64. The number of rotatable bonds is 4. The highest BCUT2D eigenvalue weighted by Gasteiger charge is 2.04. The molecular formula is C14H13ClOS. The van der Waals surface area contributed by atoms with Gasteiger partial charge in [-0.25, -0.2) is 0 Å². The fourth-order valence-electron chi connectivity index (χ4n) is 1.52. The number of ether oxygens (including phenoxy) is 1. The zero-order chi connectivity index (χ0) is 12.1. The summed E-state index contributed by atoms with van der Waals surface area (Å²) in [4.78, 5) is 2.37. The van der Waals surface area contributed by atoms with Crippen LogP contribution < -0.4 is 4.74 Å². The maximum atomic E-state index is 5.84. The molecule has 0 amide bonds. The molecule has 2 rings (SSSR count). The van der Waals surface area contributed by atoms with Gasteiger partial charge in [0.15, 0.2) is 0 Å². The molecule has 0 saturated heterocycles. The summed E-state index contributed by atoms with van der Waals surface area (Å²) in [5.74, 6) is 1.32. The maximum absolute atomic E-state index is 5.84. The molecule has 0 aliphatic heterocycles. The van der Waals surface area contributed by atoms with Crippen molar-refractivity contribution in [3.05, 3.63) is 54.1 Å². The van der Waals surface area contributed by atoms with Crippen LogP contribution in [-0.2, 0) is 5.88 Å². The second kappa shape index (κ2) is 5.99. The molecule has 0 aliphatic carbocycles. The summed E-state index contributed by atoms with van der Waals surface area (Å²) in [5.41, 5.74) is 1.02. The van der Waals surface area contributed by atoms with Gasteiger partial charge >= 0.3 is 0 Å². The van der Waals surface area contributed by atoms with Gasteiger partial charge in [-0.3, -0.25) is 0 Å². The molecule has 88 valence electrons. The van der Waals surface area contributed by atoms with Crippen LogP contribution in [-0.4, -0.2) is 7.11 Å². The molecule has 0 saturated carbocycles. The summed E-state index contributed by atoms with van der Waals surface area (Å²) in [7, 11) is 1.67. The third kappa shape index (κ3) is 3.18. The molecule has 0 atom stereocenters. The Hall–Kier alpha value is -1.12. The molecule has 0 heterocycles. The summed E-state index contributed by atoms with van der Waals surface area (Å²) >= 11 is 7.55. The lowest BCUT2D eigenvalue weighted by molar-refractivity contribution is 0.410. The van der Waals surface area contributed by atoms with Crippen molar-refractivity contribution < 1.29 is 4.74 Å². The molecule has 0 fully saturated rings. The van der Waals surface area contributed by atoms with Gasteiger partial charge in [-0.1, -0.05) is 36.0 Å². The minimum absolute atomic E-state index is 0.472. The SMILES string of the molecule is COc1cc(Sc2ccccc2)ccc1CCl. The van der Waals surface area contributed by atoms with Crippen LogP contribution in [0.25, 0.3) is 0 Å². The van der Waals surface area contributed by atoms with E-state index in [2.05, 4.69) is 18.2 Å². The predicted octanol–water partition coefficient (Wildman–Crippen LogP) is 4.59. The molecule has 0 bridgehead atoms. The first kappa shape index (κ1) is 12.3. The molecule has 0 aliphatic rings. The highest BCUT2D eigenvalue weighted by atomic mass is 35.5. The van der Waals surface area contributed by atoms with E-state index in [0.717, 1.165) is 16.2 Å². The summed E-state index contributed by atoms with van der Waals surface area (Å²) in [6, 6.07) is 16.4. The number of methoxy groups -OCH3 is 1. The van der Waals surface area contributed by atoms with Crippen LogP contribution in [0.1, 0.15) is 5.56 Å². The van der Waals surface area contributed by atoms with E-state index in [4.69, 9.17) is 16.3 Å². The van der Waals surface area contributed by atoms with E-state index >= 15 is 0 Å². The first-order valence-electron chi connectivity index (χ1n) is 5.29. The average Bonchev–Trinajstić information content (AvgIpc) is 2.40. The Labute approximate surface area is 111 Å². The van der Waals surface area contributed by atoms with Gasteiger partial charge in [0.1, 0.15) is 5.75 Å². The Kier molecular flexibility index (Phi) is 4.35. The van der Waals surface area contributed by atoms with Crippen LogP contribution in [0.2, 0.25) is 0 Å². The van der Waals surface area contributed by atoms with Gasteiger partial charge in [-0.2, -0.15) is 0 Å². The fourth-order valence-corrected chi connectivity index (χ4v) is 2.61. The van der Waals surface area contributed by atoms with Crippen molar-refractivity contribution in [3.8, 4) is 5.75 Å². The van der Waals surface area contributed by atoms with Crippen LogP contribution in [0, 0.1) is 0 Å². The van der Waals surface area contributed by atoms with Crippen LogP contribution in [0.4, 0.5) is 0 Å². The van der Waals surface area contributed by atoms with Crippen molar-refractivity contribution in [2.24, 2.45) is 0 Å². The summed E-state index contributed by atoms with van der Waals surface area (Å²) in [5, 5.41) is 0. The predicted molar refractivity (Wildman–Crippen MR) is 73.1 cm³/mol. The van der Waals surface area contributed by atoms with Gasteiger partial charge in [0.2, 0.25) is 0 Å². The molecule has 3 heteroatoms. The molecule has 1 nitrogen and oxygen atoms in total. The molecule has 2 aromatic rings. The fraction of sp³-hybridized carbons (Fsp3) is 0.143. The molecule has 0 radical (unpaired) electrons. The minimum Gasteiger partial charge on any atom is -0.496 e. The zero-order valence-electron chi connectivity index (χ0n) is 9.52. The smallest absolute Gasteiger partial charge is 0.124 e. The van der Waals surface area contributed by atoms with Crippen molar-refractivity contribution in [1.29, 1.82) is 0 Å². The number of halogens is 1. The number of hydrogen-bond acceptors (Lipinski definition) is 2. The van der Waals surface area contributed by atoms with E-state index in [9.17, 15) is 0 Å². The normalized spacial score (nSPS) is 10.2. The third-order valence-electron chi connectivity index (χ3n) is 2.38. The highest BCUT2D eigenvalue weighted by Crippen LogP contribution is 2.32. The second-order valence-electron chi connectivity index (χ2n) is 3.52. The molecule has 2 aromatic carbocycles. The number of benzene rings is 2. The molecular weight excluding hydrogens is 252 g/mol. The van der Waals surface area contributed by atoms with Gasteiger partial charge in [-0.15, -0.1) is 11.6 Å². The monoisotopic (exact) mass is 264 g/mol. The lowest BCUT2D eigenvalue weighted by atomic mass is 10.2.